The lowest BCUT2D eigenvalue weighted by Crippen LogP contribution is -2.36. The van der Waals surface area contributed by atoms with Gasteiger partial charge in [-0.1, -0.05) is 18.2 Å². The molecule has 0 spiro atoms. The number of hydrogen-bond acceptors (Lipinski definition) is 5. The third kappa shape index (κ3) is 4.39. The first-order valence-corrected chi connectivity index (χ1v) is 9.31. The van der Waals surface area contributed by atoms with Gasteiger partial charge in [0, 0.05) is 30.1 Å². The molecule has 0 fully saturated rings. The van der Waals surface area contributed by atoms with Crippen molar-refractivity contribution >= 4 is 16.9 Å². The molecule has 0 saturated carbocycles. The minimum Gasteiger partial charge on any atom is -0.496 e. The van der Waals surface area contributed by atoms with Crippen molar-refractivity contribution in [1.29, 1.82) is 0 Å². The van der Waals surface area contributed by atoms with Crippen molar-refractivity contribution in [1.82, 2.24) is 10.6 Å². The van der Waals surface area contributed by atoms with E-state index in [0.717, 1.165) is 27.9 Å². The monoisotopic (exact) mass is 397 g/mol. The molecular weight excluding hydrogens is 370 g/mol. The maximum atomic E-state index is 5.96. The number of methoxy groups -OCH3 is 3. The van der Waals surface area contributed by atoms with E-state index in [1.165, 1.54) is 0 Å². The fourth-order valence-electron chi connectivity index (χ4n) is 3.20. The third-order valence-electron chi connectivity index (χ3n) is 4.83. The van der Waals surface area contributed by atoms with Gasteiger partial charge >= 0.3 is 0 Å². The number of ether oxygens (including phenoxy) is 3. The molecule has 1 heterocycles. The molecule has 3 aromatic rings. The average molecular weight is 397 g/mol. The Morgan fingerprint density at radius 3 is 2.21 bits per heavy atom. The quantitative estimate of drug-likeness (QED) is 0.468. The highest BCUT2D eigenvalue weighted by Crippen LogP contribution is 2.33. The maximum Gasteiger partial charge on any atom is 0.191 e. The topological polar surface area (TPSA) is 77.3 Å². The van der Waals surface area contributed by atoms with Crippen molar-refractivity contribution in [2.45, 2.75) is 20.0 Å². The van der Waals surface area contributed by atoms with Crippen LogP contribution in [0.5, 0.6) is 17.2 Å². The van der Waals surface area contributed by atoms with Gasteiger partial charge in [0.2, 0.25) is 0 Å². The van der Waals surface area contributed by atoms with Crippen molar-refractivity contribution < 1.29 is 18.6 Å². The lowest BCUT2D eigenvalue weighted by Gasteiger charge is -2.17. The van der Waals surface area contributed by atoms with E-state index in [9.17, 15) is 0 Å². The summed E-state index contributed by atoms with van der Waals surface area (Å²) in [6, 6.07) is 11.7. The summed E-state index contributed by atoms with van der Waals surface area (Å²) >= 11 is 0. The van der Waals surface area contributed by atoms with Crippen molar-refractivity contribution in [2.24, 2.45) is 4.99 Å². The minimum atomic E-state index is 0.467. The number of para-hydroxylation sites is 1. The van der Waals surface area contributed by atoms with Crippen LogP contribution in [0.1, 0.15) is 16.9 Å². The number of hydrogen-bond donors (Lipinski definition) is 2. The van der Waals surface area contributed by atoms with Gasteiger partial charge in [0.15, 0.2) is 5.96 Å². The second-order valence-corrected chi connectivity index (χ2v) is 6.44. The van der Waals surface area contributed by atoms with Gasteiger partial charge in [0.25, 0.3) is 0 Å². The first kappa shape index (κ1) is 20.4. The number of rotatable bonds is 7. The Kier molecular flexibility index (Phi) is 6.49. The molecule has 0 unspecified atom stereocenters. The van der Waals surface area contributed by atoms with Gasteiger partial charge in [-0.25, -0.2) is 0 Å². The first-order chi connectivity index (χ1) is 14.1. The molecule has 7 nitrogen and oxygen atoms in total. The van der Waals surface area contributed by atoms with E-state index < -0.39 is 0 Å². The Morgan fingerprint density at radius 1 is 0.966 bits per heavy atom. The molecule has 0 saturated heterocycles. The van der Waals surface area contributed by atoms with Crippen LogP contribution in [0.25, 0.3) is 11.0 Å². The third-order valence-corrected chi connectivity index (χ3v) is 4.83. The lowest BCUT2D eigenvalue weighted by molar-refractivity contribution is 0.368. The van der Waals surface area contributed by atoms with Gasteiger partial charge in [-0.05, 0) is 13.0 Å². The Morgan fingerprint density at radius 2 is 1.62 bits per heavy atom. The summed E-state index contributed by atoms with van der Waals surface area (Å²) in [6.07, 6.45) is 0. The van der Waals surface area contributed by atoms with E-state index in [1.54, 1.807) is 28.4 Å². The van der Waals surface area contributed by atoms with Gasteiger partial charge in [-0.15, -0.1) is 0 Å². The Labute approximate surface area is 170 Å². The van der Waals surface area contributed by atoms with Crippen molar-refractivity contribution in [3.05, 3.63) is 53.3 Å². The normalized spacial score (nSPS) is 11.4. The number of benzene rings is 2. The summed E-state index contributed by atoms with van der Waals surface area (Å²) in [6.45, 7) is 3.05. The van der Waals surface area contributed by atoms with E-state index >= 15 is 0 Å². The fourth-order valence-corrected chi connectivity index (χ4v) is 3.20. The van der Waals surface area contributed by atoms with E-state index in [0.29, 0.717) is 36.3 Å². The zero-order chi connectivity index (χ0) is 20.8. The molecule has 1 aromatic heterocycles. The SMILES string of the molecule is CN=C(NCc1oc2ccccc2c1C)NCc1c(OC)cc(OC)cc1OC. The molecule has 154 valence electrons. The van der Waals surface area contributed by atoms with Crippen LogP contribution < -0.4 is 24.8 Å². The highest BCUT2D eigenvalue weighted by atomic mass is 16.5. The number of aryl methyl sites for hydroxylation is 1. The Balaban J connectivity index is 1.70. The largest absolute Gasteiger partial charge is 0.496 e. The standard InChI is InChI=1S/C22H27N3O4/c1-14-16-8-6-7-9-18(16)29-21(14)13-25-22(23-2)24-12-17-19(27-4)10-15(26-3)11-20(17)28-5/h6-11H,12-13H2,1-5H3,(H2,23,24,25). The van der Waals surface area contributed by atoms with Crippen LogP contribution in [0.2, 0.25) is 0 Å². The molecule has 29 heavy (non-hydrogen) atoms. The summed E-state index contributed by atoms with van der Waals surface area (Å²) in [5.41, 5.74) is 2.89. The zero-order valence-corrected chi connectivity index (χ0v) is 17.5. The number of nitrogens with zero attached hydrogens (tertiary/aromatic N) is 1. The van der Waals surface area contributed by atoms with Gasteiger partial charge in [0.1, 0.15) is 28.6 Å². The van der Waals surface area contributed by atoms with Crippen molar-refractivity contribution in [3.63, 3.8) is 0 Å². The maximum absolute atomic E-state index is 5.96. The van der Waals surface area contributed by atoms with Crippen LogP contribution in [0.15, 0.2) is 45.8 Å². The molecule has 0 aliphatic heterocycles. The fraction of sp³-hybridized carbons (Fsp3) is 0.318. The van der Waals surface area contributed by atoms with E-state index in [-0.39, 0.29) is 0 Å². The van der Waals surface area contributed by atoms with E-state index in [2.05, 4.69) is 28.6 Å². The molecule has 0 radical (unpaired) electrons. The number of nitrogens with one attached hydrogen (secondary N) is 2. The second kappa shape index (κ2) is 9.23. The molecule has 3 rings (SSSR count). The second-order valence-electron chi connectivity index (χ2n) is 6.44. The zero-order valence-electron chi connectivity index (χ0n) is 17.5. The minimum absolute atomic E-state index is 0.467. The smallest absolute Gasteiger partial charge is 0.191 e. The van der Waals surface area contributed by atoms with E-state index in [1.807, 2.05) is 30.3 Å². The number of guanidine groups is 1. The van der Waals surface area contributed by atoms with Gasteiger partial charge in [-0.3, -0.25) is 4.99 Å². The van der Waals surface area contributed by atoms with E-state index in [4.69, 9.17) is 18.6 Å². The summed E-state index contributed by atoms with van der Waals surface area (Å²) in [4.78, 5) is 4.29. The number of aliphatic imine (C=N–C) groups is 1. The van der Waals surface area contributed by atoms with Crippen molar-refractivity contribution in [2.75, 3.05) is 28.4 Å². The summed E-state index contributed by atoms with van der Waals surface area (Å²) < 4.78 is 22.3. The highest BCUT2D eigenvalue weighted by molar-refractivity contribution is 5.83. The van der Waals surface area contributed by atoms with Crippen LogP contribution in [-0.4, -0.2) is 34.3 Å². The first-order valence-electron chi connectivity index (χ1n) is 9.31. The molecular formula is C22H27N3O4. The van der Waals surface area contributed by atoms with Crippen LogP contribution in [0.3, 0.4) is 0 Å². The number of fused-ring (bicyclic) bond motifs is 1. The van der Waals surface area contributed by atoms with Crippen molar-refractivity contribution in [3.8, 4) is 17.2 Å². The Bertz CT molecular complexity index is 985. The highest BCUT2D eigenvalue weighted by Gasteiger charge is 2.14. The summed E-state index contributed by atoms with van der Waals surface area (Å²) in [5, 5.41) is 7.71. The van der Waals surface area contributed by atoms with Gasteiger partial charge < -0.3 is 29.3 Å². The predicted molar refractivity (Wildman–Crippen MR) is 114 cm³/mol. The molecule has 2 aromatic carbocycles. The molecule has 0 amide bonds. The molecule has 0 aliphatic rings. The molecule has 0 aliphatic carbocycles. The van der Waals surface area contributed by atoms with Gasteiger partial charge in [-0.2, -0.15) is 0 Å². The summed E-state index contributed by atoms with van der Waals surface area (Å²) in [7, 11) is 6.57. The number of furan rings is 1. The van der Waals surface area contributed by atoms with Crippen LogP contribution in [-0.2, 0) is 13.1 Å². The average Bonchev–Trinajstić information content (AvgIpc) is 3.09. The van der Waals surface area contributed by atoms with Gasteiger partial charge in [0.05, 0.1) is 40.0 Å². The molecule has 7 heteroatoms. The lowest BCUT2D eigenvalue weighted by atomic mass is 10.1. The van der Waals surface area contributed by atoms with Crippen LogP contribution in [0.4, 0.5) is 0 Å². The van der Waals surface area contributed by atoms with Crippen LogP contribution >= 0.6 is 0 Å². The molecule has 0 bridgehead atoms. The predicted octanol–water partition coefficient (Wildman–Crippen LogP) is 3.63. The molecule has 0 atom stereocenters. The summed E-state index contributed by atoms with van der Waals surface area (Å²) in [5.74, 6) is 3.55. The van der Waals surface area contributed by atoms with Crippen LogP contribution in [0, 0.1) is 6.92 Å². The molecule has 2 N–H and O–H groups in total. The Hall–Kier alpha value is -3.35.